The SMILES string of the molecule is COCCNCC(=O)NC1CCN(C(C)C)CC1. The molecule has 0 aromatic rings. The van der Waals surface area contributed by atoms with Crippen molar-refractivity contribution in [3.8, 4) is 0 Å². The van der Waals surface area contributed by atoms with Crippen molar-refractivity contribution in [2.45, 2.75) is 38.8 Å². The van der Waals surface area contributed by atoms with E-state index in [2.05, 4.69) is 29.4 Å². The second kappa shape index (κ2) is 8.45. The van der Waals surface area contributed by atoms with Crippen LogP contribution >= 0.6 is 0 Å². The fourth-order valence-electron chi connectivity index (χ4n) is 2.22. The standard InChI is InChI=1S/C13H27N3O2/c1-11(2)16-7-4-12(5-8-16)15-13(17)10-14-6-9-18-3/h11-12,14H,4-10H2,1-3H3,(H,15,17). The molecule has 0 aromatic heterocycles. The Balaban J connectivity index is 2.10. The average Bonchev–Trinajstić information content (AvgIpc) is 2.35. The fourth-order valence-corrected chi connectivity index (χ4v) is 2.22. The molecule has 0 spiro atoms. The van der Waals surface area contributed by atoms with E-state index >= 15 is 0 Å². The van der Waals surface area contributed by atoms with Crippen LogP contribution in [0.1, 0.15) is 26.7 Å². The second-order valence-corrected chi connectivity index (χ2v) is 5.14. The molecule has 0 aromatic carbocycles. The molecule has 0 unspecified atom stereocenters. The third kappa shape index (κ3) is 5.80. The fraction of sp³-hybridized carbons (Fsp3) is 0.923. The van der Waals surface area contributed by atoms with Crippen LogP contribution in [-0.4, -0.2) is 62.8 Å². The Kier molecular flexibility index (Phi) is 7.23. The van der Waals surface area contributed by atoms with E-state index in [-0.39, 0.29) is 5.91 Å². The van der Waals surface area contributed by atoms with Gasteiger partial charge in [-0.2, -0.15) is 0 Å². The first-order chi connectivity index (χ1) is 8.63. The van der Waals surface area contributed by atoms with E-state index < -0.39 is 0 Å². The van der Waals surface area contributed by atoms with Gasteiger partial charge in [0, 0.05) is 38.8 Å². The molecule has 0 radical (unpaired) electrons. The maximum atomic E-state index is 11.7. The molecule has 5 nitrogen and oxygen atoms in total. The third-order valence-electron chi connectivity index (χ3n) is 3.39. The topological polar surface area (TPSA) is 53.6 Å². The summed E-state index contributed by atoms with van der Waals surface area (Å²) in [5.74, 6) is 0.0918. The van der Waals surface area contributed by atoms with Crippen molar-refractivity contribution in [2.24, 2.45) is 0 Å². The highest BCUT2D eigenvalue weighted by Gasteiger charge is 2.21. The predicted octanol–water partition coefficient (Wildman–Crippen LogP) is 0.211. The third-order valence-corrected chi connectivity index (χ3v) is 3.39. The minimum Gasteiger partial charge on any atom is -0.383 e. The number of hydrogen-bond acceptors (Lipinski definition) is 4. The lowest BCUT2D eigenvalue weighted by molar-refractivity contribution is -0.121. The van der Waals surface area contributed by atoms with Gasteiger partial charge in [0.2, 0.25) is 5.91 Å². The minimum absolute atomic E-state index is 0.0918. The average molecular weight is 257 g/mol. The molecule has 106 valence electrons. The number of hydrogen-bond donors (Lipinski definition) is 2. The molecule has 1 fully saturated rings. The van der Waals surface area contributed by atoms with Crippen LogP contribution in [0.4, 0.5) is 0 Å². The Morgan fingerprint density at radius 2 is 2.06 bits per heavy atom. The van der Waals surface area contributed by atoms with Gasteiger partial charge in [-0.1, -0.05) is 0 Å². The molecule has 1 amide bonds. The maximum Gasteiger partial charge on any atom is 0.234 e. The monoisotopic (exact) mass is 257 g/mol. The largest absolute Gasteiger partial charge is 0.383 e. The van der Waals surface area contributed by atoms with Gasteiger partial charge in [0.25, 0.3) is 0 Å². The number of nitrogens with one attached hydrogen (secondary N) is 2. The van der Waals surface area contributed by atoms with Gasteiger partial charge < -0.3 is 20.3 Å². The molecule has 1 rings (SSSR count). The molecule has 0 saturated carbocycles. The zero-order valence-corrected chi connectivity index (χ0v) is 11.9. The Bertz CT molecular complexity index is 238. The number of carbonyl (C=O) groups is 1. The van der Waals surface area contributed by atoms with Gasteiger partial charge >= 0.3 is 0 Å². The number of nitrogens with zero attached hydrogens (tertiary/aromatic N) is 1. The van der Waals surface area contributed by atoms with Crippen LogP contribution in [0.25, 0.3) is 0 Å². The van der Waals surface area contributed by atoms with Gasteiger partial charge in [0.05, 0.1) is 13.2 Å². The van der Waals surface area contributed by atoms with E-state index in [9.17, 15) is 4.79 Å². The van der Waals surface area contributed by atoms with Gasteiger partial charge in [-0.3, -0.25) is 4.79 Å². The summed E-state index contributed by atoms with van der Waals surface area (Å²) in [6.07, 6.45) is 2.12. The molecule has 18 heavy (non-hydrogen) atoms. The summed E-state index contributed by atoms with van der Waals surface area (Å²) < 4.78 is 4.91. The minimum atomic E-state index is 0.0918. The van der Waals surface area contributed by atoms with E-state index in [1.165, 1.54) is 0 Å². The van der Waals surface area contributed by atoms with Crippen molar-refractivity contribution >= 4 is 5.91 Å². The molecule has 0 bridgehead atoms. The van der Waals surface area contributed by atoms with E-state index in [0.717, 1.165) is 32.5 Å². The van der Waals surface area contributed by atoms with Crippen molar-refractivity contribution in [1.82, 2.24) is 15.5 Å². The number of carbonyl (C=O) groups excluding carboxylic acids is 1. The summed E-state index contributed by atoms with van der Waals surface area (Å²) in [5, 5.41) is 6.14. The van der Waals surface area contributed by atoms with Crippen molar-refractivity contribution in [3.05, 3.63) is 0 Å². The van der Waals surface area contributed by atoms with E-state index in [1.807, 2.05) is 0 Å². The van der Waals surface area contributed by atoms with Gasteiger partial charge in [-0.15, -0.1) is 0 Å². The lowest BCUT2D eigenvalue weighted by Gasteiger charge is -2.34. The molecule has 1 saturated heterocycles. The quantitative estimate of drug-likeness (QED) is 0.640. The number of rotatable bonds is 7. The first-order valence-electron chi connectivity index (χ1n) is 6.86. The summed E-state index contributed by atoms with van der Waals surface area (Å²) >= 11 is 0. The van der Waals surface area contributed by atoms with Crippen LogP contribution in [0.3, 0.4) is 0 Å². The smallest absolute Gasteiger partial charge is 0.234 e. The zero-order valence-electron chi connectivity index (χ0n) is 11.9. The molecule has 1 aliphatic rings. The number of ether oxygens (including phenoxy) is 1. The molecule has 1 heterocycles. The van der Waals surface area contributed by atoms with Gasteiger partial charge in [-0.25, -0.2) is 0 Å². The number of methoxy groups -OCH3 is 1. The first kappa shape index (κ1) is 15.4. The van der Waals surface area contributed by atoms with Crippen molar-refractivity contribution in [2.75, 3.05) is 39.9 Å². The van der Waals surface area contributed by atoms with Crippen LogP contribution in [0.2, 0.25) is 0 Å². The predicted molar refractivity (Wildman–Crippen MR) is 72.6 cm³/mol. The van der Waals surface area contributed by atoms with Crippen LogP contribution in [-0.2, 0) is 9.53 Å². The summed E-state index contributed by atoms with van der Waals surface area (Å²) in [6.45, 7) is 8.35. The highest BCUT2D eigenvalue weighted by atomic mass is 16.5. The maximum absolute atomic E-state index is 11.7. The summed E-state index contributed by atoms with van der Waals surface area (Å²) in [4.78, 5) is 14.1. The van der Waals surface area contributed by atoms with Gasteiger partial charge in [-0.05, 0) is 26.7 Å². The molecule has 5 heteroatoms. The molecular weight excluding hydrogens is 230 g/mol. The molecule has 1 aliphatic heterocycles. The Labute approximate surface area is 110 Å². The van der Waals surface area contributed by atoms with Crippen molar-refractivity contribution < 1.29 is 9.53 Å². The highest BCUT2D eigenvalue weighted by molar-refractivity contribution is 5.78. The number of piperidine rings is 1. The van der Waals surface area contributed by atoms with Crippen LogP contribution in [0.5, 0.6) is 0 Å². The lowest BCUT2D eigenvalue weighted by atomic mass is 10.0. The second-order valence-electron chi connectivity index (χ2n) is 5.14. The van der Waals surface area contributed by atoms with Crippen molar-refractivity contribution in [1.29, 1.82) is 0 Å². The molecule has 2 N–H and O–H groups in total. The number of amides is 1. The van der Waals surface area contributed by atoms with Gasteiger partial charge in [0.15, 0.2) is 0 Å². The van der Waals surface area contributed by atoms with E-state index in [4.69, 9.17) is 4.74 Å². The molecule has 0 aliphatic carbocycles. The molecular formula is C13H27N3O2. The normalized spacial score (nSPS) is 18.2. The Morgan fingerprint density at radius 1 is 1.39 bits per heavy atom. The zero-order chi connectivity index (χ0) is 13.4. The Morgan fingerprint density at radius 3 is 2.61 bits per heavy atom. The Hall–Kier alpha value is -0.650. The summed E-state index contributed by atoms with van der Waals surface area (Å²) in [5.41, 5.74) is 0. The highest BCUT2D eigenvalue weighted by Crippen LogP contribution is 2.12. The van der Waals surface area contributed by atoms with Crippen molar-refractivity contribution in [3.63, 3.8) is 0 Å². The van der Waals surface area contributed by atoms with Crippen LogP contribution in [0.15, 0.2) is 0 Å². The first-order valence-corrected chi connectivity index (χ1v) is 6.86. The van der Waals surface area contributed by atoms with Crippen LogP contribution in [0, 0.1) is 0 Å². The van der Waals surface area contributed by atoms with E-state index in [1.54, 1.807) is 7.11 Å². The van der Waals surface area contributed by atoms with Crippen LogP contribution < -0.4 is 10.6 Å². The summed E-state index contributed by atoms with van der Waals surface area (Å²) in [6, 6.07) is 0.953. The number of likely N-dealkylation sites (tertiary alicyclic amines) is 1. The summed E-state index contributed by atoms with van der Waals surface area (Å²) in [7, 11) is 1.66. The lowest BCUT2D eigenvalue weighted by Crippen LogP contribution is -2.48. The van der Waals surface area contributed by atoms with Gasteiger partial charge in [0.1, 0.15) is 0 Å². The van der Waals surface area contributed by atoms with E-state index in [0.29, 0.717) is 25.2 Å². The molecule has 0 atom stereocenters.